The summed E-state index contributed by atoms with van der Waals surface area (Å²) in [6.45, 7) is 0. The normalized spacial score (nSPS) is 9.75. The Bertz CT molecular complexity index is 551. The van der Waals surface area contributed by atoms with Gasteiger partial charge in [0.15, 0.2) is 0 Å². The predicted molar refractivity (Wildman–Crippen MR) is 65.0 cm³/mol. The molecule has 0 aliphatic rings. The van der Waals surface area contributed by atoms with E-state index < -0.39 is 0 Å². The summed E-state index contributed by atoms with van der Waals surface area (Å²) in [5.41, 5.74) is 0.560. The molecule has 2 aromatic heterocycles. The minimum Gasteiger partial charge on any atom is -0.248 e. The molecule has 3 nitrogen and oxygen atoms in total. The molecular formula is C11H6BrN3S. The van der Waals surface area contributed by atoms with Gasteiger partial charge in [-0.05, 0) is 52.0 Å². The van der Waals surface area contributed by atoms with Crippen molar-refractivity contribution in [3.8, 4) is 6.07 Å². The Morgan fingerprint density at radius 2 is 1.81 bits per heavy atom. The van der Waals surface area contributed by atoms with Crippen LogP contribution in [0.4, 0.5) is 0 Å². The zero-order valence-corrected chi connectivity index (χ0v) is 10.5. The van der Waals surface area contributed by atoms with E-state index in [0.717, 1.165) is 9.50 Å². The largest absolute Gasteiger partial charge is 0.248 e. The Morgan fingerprint density at radius 3 is 2.50 bits per heavy atom. The smallest absolute Gasteiger partial charge is 0.120 e. The van der Waals surface area contributed by atoms with E-state index in [1.165, 1.54) is 11.8 Å². The summed E-state index contributed by atoms with van der Waals surface area (Å²) >= 11 is 4.78. The fraction of sp³-hybridized carbons (Fsp3) is 0. The van der Waals surface area contributed by atoms with E-state index in [2.05, 4.69) is 32.0 Å². The van der Waals surface area contributed by atoms with Crippen molar-refractivity contribution in [1.82, 2.24) is 9.97 Å². The highest BCUT2D eigenvalue weighted by atomic mass is 79.9. The van der Waals surface area contributed by atoms with Crippen LogP contribution < -0.4 is 0 Å². The lowest BCUT2D eigenvalue weighted by atomic mass is 10.3. The van der Waals surface area contributed by atoms with Gasteiger partial charge in [-0.2, -0.15) is 5.26 Å². The van der Waals surface area contributed by atoms with Crippen molar-refractivity contribution in [2.75, 3.05) is 0 Å². The first-order chi connectivity index (χ1) is 7.81. The number of halogens is 1. The van der Waals surface area contributed by atoms with Crippen molar-refractivity contribution in [3.05, 3.63) is 46.7 Å². The summed E-state index contributed by atoms with van der Waals surface area (Å²) in [6, 6.07) is 9.35. The molecule has 2 heterocycles. The third kappa shape index (κ3) is 2.40. The summed E-state index contributed by atoms with van der Waals surface area (Å²) in [5.74, 6) is 0. The highest BCUT2D eigenvalue weighted by Crippen LogP contribution is 2.31. The maximum absolute atomic E-state index is 8.93. The van der Waals surface area contributed by atoms with Crippen LogP contribution in [0.25, 0.3) is 0 Å². The van der Waals surface area contributed by atoms with Gasteiger partial charge in [-0.3, -0.25) is 0 Å². The summed E-state index contributed by atoms with van der Waals surface area (Å²) in [6.07, 6.45) is 3.38. The number of rotatable bonds is 2. The van der Waals surface area contributed by atoms with Crippen molar-refractivity contribution in [1.29, 1.82) is 5.26 Å². The van der Waals surface area contributed by atoms with Gasteiger partial charge < -0.3 is 0 Å². The van der Waals surface area contributed by atoms with Crippen molar-refractivity contribution in [2.24, 2.45) is 0 Å². The monoisotopic (exact) mass is 291 g/mol. The predicted octanol–water partition coefficient (Wildman–Crippen LogP) is 3.26. The summed E-state index contributed by atoms with van der Waals surface area (Å²) in [7, 11) is 0. The topological polar surface area (TPSA) is 49.6 Å². The Kier molecular flexibility index (Phi) is 3.54. The SMILES string of the molecule is N#Cc1cccnc1Sc1ncccc1Br. The molecule has 0 fully saturated rings. The van der Waals surface area contributed by atoms with Gasteiger partial charge in [0.2, 0.25) is 0 Å². The van der Waals surface area contributed by atoms with Gasteiger partial charge in [0.05, 0.1) is 10.0 Å². The molecule has 0 bridgehead atoms. The van der Waals surface area contributed by atoms with Gasteiger partial charge in [0.1, 0.15) is 16.1 Å². The second-order valence-corrected chi connectivity index (χ2v) is 4.69. The highest BCUT2D eigenvalue weighted by molar-refractivity contribution is 9.10. The van der Waals surface area contributed by atoms with E-state index in [9.17, 15) is 0 Å². The number of aromatic nitrogens is 2. The third-order valence-corrected chi connectivity index (χ3v) is 3.75. The molecule has 0 N–H and O–H groups in total. The number of hydrogen-bond donors (Lipinski definition) is 0. The van der Waals surface area contributed by atoms with Gasteiger partial charge in [0, 0.05) is 12.4 Å². The Labute approximate surface area is 106 Å². The van der Waals surface area contributed by atoms with Crippen LogP contribution >= 0.6 is 27.7 Å². The molecule has 2 aromatic rings. The Morgan fingerprint density at radius 1 is 1.12 bits per heavy atom. The molecule has 0 aromatic carbocycles. The second kappa shape index (κ2) is 5.10. The molecule has 0 aliphatic carbocycles. The Balaban J connectivity index is 2.35. The average molecular weight is 292 g/mol. The third-order valence-electron chi connectivity index (χ3n) is 1.81. The molecule has 16 heavy (non-hydrogen) atoms. The van der Waals surface area contributed by atoms with Crippen molar-refractivity contribution >= 4 is 27.7 Å². The summed E-state index contributed by atoms with van der Waals surface area (Å²) in [5, 5.41) is 10.4. The van der Waals surface area contributed by atoms with Crippen molar-refractivity contribution in [3.63, 3.8) is 0 Å². The standard InChI is InChI=1S/C11H6BrN3S/c12-9-4-2-6-15-11(9)16-10-8(7-13)3-1-5-14-10/h1-6H. The summed E-state index contributed by atoms with van der Waals surface area (Å²) in [4.78, 5) is 8.38. The first-order valence-corrected chi connectivity index (χ1v) is 6.05. The van der Waals surface area contributed by atoms with E-state index >= 15 is 0 Å². The molecule has 0 spiro atoms. The van der Waals surface area contributed by atoms with Crippen LogP contribution in [0.3, 0.4) is 0 Å². The lowest BCUT2D eigenvalue weighted by molar-refractivity contribution is 1.07. The maximum Gasteiger partial charge on any atom is 0.120 e. The van der Waals surface area contributed by atoms with Gasteiger partial charge >= 0.3 is 0 Å². The molecule has 2 rings (SSSR count). The lowest BCUT2D eigenvalue weighted by Gasteiger charge is -2.02. The average Bonchev–Trinajstić information content (AvgIpc) is 2.33. The van der Waals surface area contributed by atoms with Crippen LogP contribution in [0.1, 0.15) is 5.56 Å². The summed E-state index contributed by atoms with van der Waals surface area (Å²) < 4.78 is 0.898. The molecule has 0 radical (unpaired) electrons. The number of nitrogens with zero attached hydrogens (tertiary/aromatic N) is 3. The first-order valence-electron chi connectivity index (χ1n) is 4.45. The Hall–Kier alpha value is -1.38. The van der Waals surface area contributed by atoms with E-state index in [1.807, 2.05) is 12.1 Å². The maximum atomic E-state index is 8.93. The van der Waals surface area contributed by atoms with E-state index in [0.29, 0.717) is 10.6 Å². The fourth-order valence-corrected chi connectivity index (χ4v) is 2.39. The molecule has 0 aliphatic heterocycles. The molecule has 78 valence electrons. The minimum atomic E-state index is 0.560. The number of pyridine rings is 2. The van der Waals surface area contributed by atoms with Crippen LogP contribution in [0, 0.1) is 11.3 Å². The zero-order valence-electron chi connectivity index (χ0n) is 8.09. The van der Waals surface area contributed by atoms with Crippen LogP contribution in [-0.4, -0.2) is 9.97 Å². The molecular weight excluding hydrogens is 286 g/mol. The van der Waals surface area contributed by atoms with Gasteiger partial charge in [-0.15, -0.1) is 0 Å². The van der Waals surface area contributed by atoms with E-state index in [4.69, 9.17) is 5.26 Å². The fourth-order valence-electron chi connectivity index (χ4n) is 1.10. The molecule has 0 saturated carbocycles. The highest BCUT2D eigenvalue weighted by Gasteiger charge is 2.08. The van der Waals surface area contributed by atoms with Crippen LogP contribution in [0.5, 0.6) is 0 Å². The first kappa shape index (κ1) is 11.1. The van der Waals surface area contributed by atoms with Crippen molar-refractivity contribution in [2.45, 2.75) is 10.1 Å². The van der Waals surface area contributed by atoms with E-state index in [-0.39, 0.29) is 0 Å². The van der Waals surface area contributed by atoms with E-state index in [1.54, 1.807) is 24.5 Å². The number of nitriles is 1. The number of hydrogen-bond acceptors (Lipinski definition) is 4. The van der Waals surface area contributed by atoms with Crippen LogP contribution in [0.2, 0.25) is 0 Å². The van der Waals surface area contributed by atoms with Gasteiger partial charge in [0.25, 0.3) is 0 Å². The molecule has 0 unspecified atom stereocenters. The van der Waals surface area contributed by atoms with Gasteiger partial charge in [-0.1, -0.05) is 0 Å². The van der Waals surface area contributed by atoms with Crippen molar-refractivity contribution < 1.29 is 0 Å². The minimum absolute atomic E-state index is 0.560. The molecule has 5 heteroatoms. The molecule has 0 atom stereocenters. The zero-order chi connectivity index (χ0) is 11.4. The quantitative estimate of drug-likeness (QED) is 0.852. The van der Waals surface area contributed by atoms with Gasteiger partial charge in [-0.25, -0.2) is 9.97 Å². The molecule has 0 saturated heterocycles. The second-order valence-electron chi connectivity index (χ2n) is 2.86. The molecule has 0 amide bonds. The lowest BCUT2D eigenvalue weighted by Crippen LogP contribution is -1.87. The van der Waals surface area contributed by atoms with Crippen LogP contribution in [-0.2, 0) is 0 Å². The van der Waals surface area contributed by atoms with Crippen LogP contribution in [0.15, 0.2) is 51.2 Å².